The van der Waals surface area contributed by atoms with Crippen LogP contribution in [0.25, 0.3) is 0 Å². The molecule has 0 aliphatic heterocycles. The van der Waals surface area contributed by atoms with Crippen molar-refractivity contribution in [1.82, 2.24) is 0 Å². The second-order valence-electron chi connectivity index (χ2n) is 6.48. The van der Waals surface area contributed by atoms with Gasteiger partial charge in [0.15, 0.2) is 11.5 Å². The van der Waals surface area contributed by atoms with Gasteiger partial charge >= 0.3 is 0 Å². The zero-order valence-corrected chi connectivity index (χ0v) is 19.7. The maximum atomic E-state index is 9.35. The molecule has 2 aromatic carbocycles. The molecule has 3 aromatic rings. The molecule has 0 radical (unpaired) electrons. The van der Waals surface area contributed by atoms with Gasteiger partial charge in [-0.1, -0.05) is 29.8 Å². The van der Waals surface area contributed by atoms with Crippen molar-refractivity contribution in [1.29, 1.82) is 5.26 Å². The maximum Gasteiger partial charge on any atom is 0.237 e. The van der Waals surface area contributed by atoms with E-state index >= 15 is 0 Å². The van der Waals surface area contributed by atoms with Crippen LogP contribution in [0.3, 0.4) is 0 Å². The molecule has 0 saturated heterocycles. The first-order valence-electron chi connectivity index (χ1n) is 9.31. The highest BCUT2D eigenvalue weighted by Crippen LogP contribution is 2.35. The summed E-state index contributed by atoms with van der Waals surface area (Å²) >= 11 is 8.44. The lowest BCUT2D eigenvalue weighted by Crippen LogP contribution is -2.03. The third-order valence-corrected chi connectivity index (χ3v) is 5.64. The number of rotatable bonds is 7. The van der Waals surface area contributed by atoms with Crippen LogP contribution in [0.1, 0.15) is 34.9 Å². The van der Waals surface area contributed by atoms with Crippen molar-refractivity contribution in [2.24, 2.45) is 4.99 Å². The number of aryl methyl sites for hydroxylation is 1. The molecule has 1 aromatic heterocycles. The Morgan fingerprint density at radius 1 is 1.23 bits per heavy atom. The van der Waals surface area contributed by atoms with Crippen molar-refractivity contribution in [2.75, 3.05) is 6.61 Å². The van der Waals surface area contributed by atoms with Gasteiger partial charge in [0.2, 0.25) is 5.88 Å². The predicted octanol–water partition coefficient (Wildman–Crippen LogP) is 6.75. The topological polar surface area (TPSA) is 67.8 Å². The van der Waals surface area contributed by atoms with E-state index in [0.717, 1.165) is 20.3 Å². The van der Waals surface area contributed by atoms with Crippen LogP contribution in [0, 0.1) is 28.7 Å². The minimum Gasteiger partial charge on any atom is -0.490 e. The summed E-state index contributed by atoms with van der Waals surface area (Å²) in [6.45, 7) is 6.40. The summed E-state index contributed by atoms with van der Waals surface area (Å²) in [5.74, 6) is 2.26. The Labute approximate surface area is 194 Å². The lowest BCUT2D eigenvalue weighted by molar-refractivity contribution is 0.267. The van der Waals surface area contributed by atoms with E-state index in [9.17, 15) is 5.26 Å². The first kappa shape index (κ1) is 22.2. The molecule has 3 rings (SSSR count). The van der Waals surface area contributed by atoms with Gasteiger partial charge in [0, 0.05) is 22.4 Å². The zero-order chi connectivity index (χ0) is 21.7. The maximum absolute atomic E-state index is 9.35. The number of hydrogen-bond donors (Lipinski definition) is 0. The van der Waals surface area contributed by atoms with Crippen molar-refractivity contribution in [3.05, 3.63) is 73.0 Å². The Morgan fingerprint density at radius 3 is 2.70 bits per heavy atom. The third kappa shape index (κ3) is 4.97. The van der Waals surface area contributed by atoms with Crippen molar-refractivity contribution in [3.63, 3.8) is 0 Å². The molecule has 0 saturated carbocycles. The molecule has 0 spiro atoms. The summed E-state index contributed by atoms with van der Waals surface area (Å²) in [6, 6.07) is 13.5. The number of furan rings is 1. The molecular formula is C23H20ClIN2O3. The largest absolute Gasteiger partial charge is 0.490 e. The van der Waals surface area contributed by atoms with Gasteiger partial charge in [-0.15, -0.1) is 0 Å². The first-order chi connectivity index (χ1) is 14.4. The number of nitriles is 1. The number of benzene rings is 2. The molecule has 7 heteroatoms. The van der Waals surface area contributed by atoms with Crippen LogP contribution in [0.2, 0.25) is 5.02 Å². The molecule has 1 heterocycles. The minimum atomic E-state index is 0.305. The molecule has 5 nitrogen and oxygen atoms in total. The Balaban J connectivity index is 1.88. The molecule has 0 fully saturated rings. The van der Waals surface area contributed by atoms with Crippen molar-refractivity contribution < 1.29 is 13.9 Å². The summed E-state index contributed by atoms with van der Waals surface area (Å²) in [5.41, 5.74) is 2.96. The normalized spacial score (nSPS) is 10.9. The van der Waals surface area contributed by atoms with Gasteiger partial charge in [-0.25, -0.2) is 4.99 Å². The van der Waals surface area contributed by atoms with Gasteiger partial charge in [-0.3, -0.25) is 0 Å². The summed E-state index contributed by atoms with van der Waals surface area (Å²) in [4.78, 5) is 4.37. The highest BCUT2D eigenvalue weighted by atomic mass is 127. The van der Waals surface area contributed by atoms with Gasteiger partial charge in [0.05, 0.1) is 10.2 Å². The van der Waals surface area contributed by atoms with Crippen molar-refractivity contribution in [2.45, 2.75) is 27.4 Å². The van der Waals surface area contributed by atoms with Crippen molar-refractivity contribution in [3.8, 4) is 17.6 Å². The second kappa shape index (κ2) is 10.0. The molecule has 0 bridgehead atoms. The lowest BCUT2D eigenvalue weighted by atomic mass is 10.2. The third-order valence-electron chi connectivity index (χ3n) is 4.47. The van der Waals surface area contributed by atoms with Gasteiger partial charge in [0.25, 0.3) is 0 Å². The fourth-order valence-corrected chi connectivity index (χ4v) is 3.77. The molecule has 154 valence electrons. The Morgan fingerprint density at radius 2 is 2.00 bits per heavy atom. The van der Waals surface area contributed by atoms with Crippen LogP contribution < -0.4 is 9.47 Å². The Kier molecular flexibility index (Phi) is 7.40. The predicted molar refractivity (Wildman–Crippen MR) is 126 cm³/mol. The first-order valence-corrected chi connectivity index (χ1v) is 10.8. The van der Waals surface area contributed by atoms with Gasteiger partial charge in [-0.2, -0.15) is 5.26 Å². The fourth-order valence-electron chi connectivity index (χ4n) is 2.80. The molecule has 0 unspecified atom stereocenters. The van der Waals surface area contributed by atoms with Gasteiger partial charge in [-0.05, 0) is 67.1 Å². The van der Waals surface area contributed by atoms with Crippen LogP contribution in [0.15, 0.2) is 45.8 Å². The lowest BCUT2D eigenvalue weighted by Gasteiger charge is -2.15. The summed E-state index contributed by atoms with van der Waals surface area (Å²) in [5, 5.41) is 10.0. The molecular weight excluding hydrogens is 515 g/mol. The highest BCUT2D eigenvalue weighted by molar-refractivity contribution is 14.1. The van der Waals surface area contributed by atoms with Crippen LogP contribution >= 0.6 is 34.2 Å². The van der Waals surface area contributed by atoms with E-state index in [4.69, 9.17) is 25.5 Å². The minimum absolute atomic E-state index is 0.305. The number of halogens is 2. The molecule has 0 N–H and O–H groups in total. The quantitative estimate of drug-likeness (QED) is 0.248. The summed E-state index contributed by atoms with van der Waals surface area (Å²) in [7, 11) is 0. The molecule has 0 atom stereocenters. The monoisotopic (exact) mass is 534 g/mol. The van der Waals surface area contributed by atoms with E-state index in [-0.39, 0.29) is 0 Å². The standard InChI is InChI=1S/C23H20ClIN2O3/c1-4-28-21-10-16(12-27-23-18(11-26)14(2)15(3)30-23)9-20(25)22(21)29-13-17-7-5-6-8-19(17)24/h5-10,12H,4,13H2,1-3H3. The SMILES string of the molecule is CCOc1cc(C=Nc2oc(C)c(C)c2C#N)cc(I)c1OCc1ccccc1Cl. The highest BCUT2D eigenvalue weighted by Gasteiger charge is 2.15. The average Bonchev–Trinajstić information content (AvgIpc) is 3.00. The Hall–Kier alpha value is -2.50. The number of ether oxygens (including phenoxy) is 2. The second-order valence-corrected chi connectivity index (χ2v) is 8.05. The number of nitrogens with zero attached hydrogens (tertiary/aromatic N) is 2. The summed E-state index contributed by atoms with van der Waals surface area (Å²) in [6.07, 6.45) is 1.65. The van der Waals surface area contributed by atoms with Gasteiger partial charge in [0.1, 0.15) is 24.0 Å². The van der Waals surface area contributed by atoms with Crippen LogP contribution in [-0.2, 0) is 6.61 Å². The smallest absolute Gasteiger partial charge is 0.237 e. The van der Waals surface area contributed by atoms with Gasteiger partial charge < -0.3 is 13.9 Å². The molecule has 0 amide bonds. The van der Waals surface area contributed by atoms with E-state index in [1.54, 1.807) is 6.21 Å². The molecule has 0 aliphatic carbocycles. The van der Waals surface area contributed by atoms with E-state index in [2.05, 4.69) is 33.7 Å². The van der Waals surface area contributed by atoms with E-state index in [1.807, 2.05) is 57.2 Å². The summed E-state index contributed by atoms with van der Waals surface area (Å²) < 4.78 is 18.3. The van der Waals surface area contributed by atoms with Crippen LogP contribution in [-0.4, -0.2) is 12.8 Å². The number of aliphatic imine (C=N–C) groups is 1. The average molecular weight is 535 g/mol. The van der Waals surface area contributed by atoms with Crippen LogP contribution in [0.5, 0.6) is 11.5 Å². The van der Waals surface area contributed by atoms with Crippen molar-refractivity contribution >= 4 is 46.3 Å². The molecule has 0 aliphatic rings. The zero-order valence-electron chi connectivity index (χ0n) is 16.8. The molecule has 30 heavy (non-hydrogen) atoms. The van der Waals surface area contributed by atoms with Crippen LogP contribution in [0.4, 0.5) is 5.88 Å². The van der Waals surface area contributed by atoms with E-state index in [0.29, 0.717) is 46.9 Å². The Bertz CT molecular complexity index is 1130. The van der Waals surface area contributed by atoms with E-state index < -0.39 is 0 Å². The van der Waals surface area contributed by atoms with E-state index in [1.165, 1.54) is 0 Å². The fraction of sp³-hybridized carbons (Fsp3) is 0.217. The number of hydrogen-bond acceptors (Lipinski definition) is 5.